The number of halogens is 2. The predicted molar refractivity (Wildman–Crippen MR) is 152 cm³/mol. The molecule has 0 radical (unpaired) electrons. The van der Waals surface area contributed by atoms with E-state index in [2.05, 4.69) is 26.0 Å². The average Bonchev–Trinajstić information content (AvgIpc) is 2.86. The van der Waals surface area contributed by atoms with Crippen molar-refractivity contribution in [1.29, 1.82) is 0 Å². The fourth-order valence-corrected chi connectivity index (χ4v) is 5.35. The molecule has 5 rings (SSSR count). The Morgan fingerprint density at radius 1 is 0.861 bits per heavy atom. The maximum absolute atomic E-state index is 13.4. The minimum atomic E-state index is -3.91. The van der Waals surface area contributed by atoms with E-state index in [9.17, 15) is 8.42 Å². The second-order valence-corrected chi connectivity index (χ2v) is 11.3. The molecule has 0 aliphatic rings. The van der Waals surface area contributed by atoms with Crippen molar-refractivity contribution in [2.45, 2.75) is 11.8 Å². The lowest BCUT2D eigenvalue weighted by Crippen LogP contribution is -2.15. The SMILES string of the molecule is Cc1ccc2nc(NS(=O)(=O)c3ccc(Br)cc3)c(-c3ccccc3)c(Nc3ccc(Cl)cc3)c2c1. The zero-order chi connectivity index (χ0) is 25.3. The second-order valence-electron chi connectivity index (χ2n) is 8.29. The summed E-state index contributed by atoms with van der Waals surface area (Å²) in [5.74, 6) is 0.233. The molecule has 4 aromatic carbocycles. The Morgan fingerprint density at radius 3 is 2.25 bits per heavy atom. The lowest BCUT2D eigenvalue weighted by molar-refractivity contribution is 0.601. The van der Waals surface area contributed by atoms with E-state index in [4.69, 9.17) is 16.6 Å². The third-order valence-corrected chi connectivity index (χ3v) is 7.81. The number of sulfonamides is 1. The van der Waals surface area contributed by atoms with E-state index < -0.39 is 10.0 Å². The van der Waals surface area contributed by atoms with E-state index in [1.165, 1.54) is 0 Å². The average molecular weight is 579 g/mol. The molecule has 0 bridgehead atoms. The van der Waals surface area contributed by atoms with Crippen LogP contribution in [0.25, 0.3) is 22.0 Å². The molecule has 180 valence electrons. The minimum Gasteiger partial charge on any atom is -0.354 e. The molecule has 1 aromatic heterocycles. The van der Waals surface area contributed by atoms with E-state index in [1.54, 1.807) is 36.4 Å². The molecule has 36 heavy (non-hydrogen) atoms. The van der Waals surface area contributed by atoms with Gasteiger partial charge < -0.3 is 5.32 Å². The highest BCUT2D eigenvalue weighted by molar-refractivity contribution is 9.10. The minimum absolute atomic E-state index is 0.141. The number of rotatable bonds is 6. The van der Waals surface area contributed by atoms with E-state index in [1.807, 2.05) is 67.6 Å². The molecule has 0 atom stereocenters. The van der Waals surface area contributed by atoms with Crippen LogP contribution in [0.5, 0.6) is 0 Å². The van der Waals surface area contributed by atoms with Gasteiger partial charge in [-0.1, -0.05) is 69.5 Å². The molecule has 1 heterocycles. The Labute approximate surface area is 223 Å². The number of aromatic nitrogens is 1. The van der Waals surface area contributed by atoms with Crippen molar-refractivity contribution in [3.63, 3.8) is 0 Å². The lowest BCUT2D eigenvalue weighted by Gasteiger charge is -2.20. The first kappa shape index (κ1) is 24.3. The number of anilines is 3. The largest absolute Gasteiger partial charge is 0.354 e. The van der Waals surface area contributed by atoms with Crippen LogP contribution in [-0.2, 0) is 10.0 Å². The van der Waals surface area contributed by atoms with Gasteiger partial charge in [-0.2, -0.15) is 0 Å². The number of nitrogens with zero attached hydrogens (tertiary/aromatic N) is 1. The standard InChI is InChI=1S/C28H21BrClN3O2S/c1-18-7-16-25-24(17-18)27(31-22-12-10-21(30)11-13-22)26(19-5-3-2-4-6-19)28(32-25)33-36(34,35)23-14-8-20(29)9-15-23/h2-17H,1H3,(H2,31,32,33). The van der Waals surface area contributed by atoms with Gasteiger partial charge in [0.1, 0.15) is 5.82 Å². The fraction of sp³-hybridized carbons (Fsp3) is 0.0357. The van der Waals surface area contributed by atoms with Crippen molar-refractivity contribution in [2.24, 2.45) is 0 Å². The summed E-state index contributed by atoms with van der Waals surface area (Å²) in [5.41, 5.74) is 4.73. The van der Waals surface area contributed by atoms with Crippen LogP contribution >= 0.6 is 27.5 Å². The van der Waals surface area contributed by atoms with Crippen molar-refractivity contribution in [3.8, 4) is 11.1 Å². The summed E-state index contributed by atoms with van der Waals surface area (Å²) in [6, 6.07) is 29.3. The zero-order valence-corrected chi connectivity index (χ0v) is 22.3. The number of nitrogens with one attached hydrogen (secondary N) is 2. The second kappa shape index (κ2) is 9.93. The van der Waals surface area contributed by atoms with Crippen molar-refractivity contribution in [1.82, 2.24) is 4.98 Å². The number of hydrogen-bond donors (Lipinski definition) is 2. The molecule has 0 spiro atoms. The van der Waals surface area contributed by atoms with Crippen molar-refractivity contribution in [3.05, 3.63) is 112 Å². The predicted octanol–water partition coefficient (Wildman–Crippen LogP) is 8.17. The van der Waals surface area contributed by atoms with Crippen molar-refractivity contribution in [2.75, 3.05) is 10.0 Å². The van der Waals surface area contributed by atoms with Gasteiger partial charge in [-0.25, -0.2) is 13.4 Å². The van der Waals surface area contributed by atoms with Crippen LogP contribution < -0.4 is 10.0 Å². The van der Waals surface area contributed by atoms with E-state index in [0.717, 1.165) is 32.4 Å². The molecule has 2 N–H and O–H groups in total. The van der Waals surface area contributed by atoms with Gasteiger partial charge in [0.05, 0.1) is 16.1 Å². The monoisotopic (exact) mass is 577 g/mol. The summed E-state index contributed by atoms with van der Waals surface area (Å²) in [6.07, 6.45) is 0. The molecule has 5 nitrogen and oxygen atoms in total. The van der Waals surface area contributed by atoms with Crippen LogP contribution in [0, 0.1) is 6.92 Å². The van der Waals surface area contributed by atoms with Crippen LogP contribution in [-0.4, -0.2) is 13.4 Å². The normalized spacial score (nSPS) is 11.4. The highest BCUT2D eigenvalue weighted by atomic mass is 79.9. The summed E-state index contributed by atoms with van der Waals surface area (Å²) in [7, 11) is -3.91. The zero-order valence-electron chi connectivity index (χ0n) is 19.2. The lowest BCUT2D eigenvalue weighted by atomic mass is 9.99. The Morgan fingerprint density at radius 2 is 1.56 bits per heavy atom. The Kier molecular flexibility index (Phi) is 6.71. The Bertz CT molecular complexity index is 1660. The van der Waals surface area contributed by atoms with Gasteiger partial charge >= 0.3 is 0 Å². The summed E-state index contributed by atoms with van der Waals surface area (Å²) < 4.78 is 30.3. The highest BCUT2D eigenvalue weighted by Gasteiger charge is 2.22. The maximum Gasteiger partial charge on any atom is 0.263 e. The molecule has 0 saturated carbocycles. The summed E-state index contributed by atoms with van der Waals surface area (Å²) >= 11 is 9.46. The Balaban J connectivity index is 1.76. The molecule has 0 unspecified atom stereocenters. The van der Waals surface area contributed by atoms with Crippen LogP contribution in [0.15, 0.2) is 106 Å². The van der Waals surface area contributed by atoms with Gasteiger partial charge in [0.15, 0.2) is 0 Å². The van der Waals surface area contributed by atoms with Crippen LogP contribution in [0.2, 0.25) is 5.02 Å². The van der Waals surface area contributed by atoms with Crippen LogP contribution in [0.1, 0.15) is 5.56 Å². The number of hydrogen-bond acceptors (Lipinski definition) is 4. The molecule has 0 aliphatic heterocycles. The van der Waals surface area contributed by atoms with Gasteiger partial charge in [0.2, 0.25) is 0 Å². The van der Waals surface area contributed by atoms with Gasteiger partial charge in [0, 0.05) is 26.1 Å². The fourth-order valence-electron chi connectivity index (χ4n) is 3.94. The van der Waals surface area contributed by atoms with E-state index in [0.29, 0.717) is 16.1 Å². The third-order valence-electron chi connectivity index (χ3n) is 5.67. The van der Waals surface area contributed by atoms with Crippen LogP contribution in [0.4, 0.5) is 17.2 Å². The maximum atomic E-state index is 13.4. The molecule has 0 fully saturated rings. The van der Waals surface area contributed by atoms with E-state index >= 15 is 0 Å². The first-order valence-electron chi connectivity index (χ1n) is 11.1. The first-order chi connectivity index (χ1) is 17.3. The summed E-state index contributed by atoms with van der Waals surface area (Å²) in [6.45, 7) is 2.01. The summed E-state index contributed by atoms with van der Waals surface area (Å²) in [5, 5.41) is 5.00. The molecule has 0 saturated heterocycles. The Hall–Kier alpha value is -3.39. The van der Waals surface area contributed by atoms with Crippen molar-refractivity contribution < 1.29 is 8.42 Å². The molecule has 5 aromatic rings. The number of fused-ring (bicyclic) bond motifs is 1. The molecular weight excluding hydrogens is 558 g/mol. The molecular formula is C28H21BrClN3O2S. The number of benzene rings is 4. The topological polar surface area (TPSA) is 71.1 Å². The van der Waals surface area contributed by atoms with Crippen LogP contribution in [0.3, 0.4) is 0 Å². The number of pyridine rings is 1. The summed E-state index contributed by atoms with van der Waals surface area (Å²) in [4.78, 5) is 4.92. The number of aryl methyl sites for hydroxylation is 1. The van der Waals surface area contributed by atoms with E-state index in [-0.39, 0.29) is 10.7 Å². The highest BCUT2D eigenvalue weighted by Crippen LogP contribution is 2.42. The van der Waals surface area contributed by atoms with Gasteiger partial charge in [0.25, 0.3) is 10.0 Å². The van der Waals surface area contributed by atoms with Crippen molar-refractivity contribution >= 4 is 65.6 Å². The van der Waals surface area contributed by atoms with Gasteiger partial charge in [-0.3, -0.25) is 4.72 Å². The van der Waals surface area contributed by atoms with Gasteiger partial charge in [-0.15, -0.1) is 0 Å². The third kappa shape index (κ3) is 5.09. The van der Waals surface area contributed by atoms with Gasteiger partial charge in [-0.05, 0) is 73.2 Å². The first-order valence-corrected chi connectivity index (χ1v) is 13.8. The molecule has 8 heteroatoms. The molecule has 0 aliphatic carbocycles. The smallest absolute Gasteiger partial charge is 0.263 e. The molecule has 0 amide bonds. The quantitative estimate of drug-likeness (QED) is 0.213.